The third-order valence-electron chi connectivity index (χ3n) is 4.13. The second-order valence-electron chi connectivity index (χ2n) is 6.05. The van der Waals surface area contributed by atoms with E-state index in [-0.39, 0.29) is 14.9 Å². The molecule has 0 saturated carbocycles. The second kappa shape index (κ2) is 7.41. The van der Waals surface area contributed by atoms with Crippen LogP contribution in [0, 0.1) is 0 Å². The van der Waals surface area contributed by atoms with E-state index in [2.05, 4.69) is 21.6 Å². The van der Waals surface area contributed by atoms with Crippen LogP contribution in [0.1, 0.15) is 0 Å². The van der Waals surface area contributed by atoms with Crippen LogP contribution >= 0.6 is 23.2 Å². The predicted molar refractivity (Wildman–Crippen MR) is 103 cm³/mol. The Balaban J connectivity index is 1.74. The summed E-state index contributed by atoms with van der Waals surface area (Å²) in [6.45, 7) is 3.96. The van der Waals surface area contributed by atoms with Crippen LogP contribution in [0.15, 0.2) is 47.4 Å². The van der Waals surface area contributed by atoms with Gasteiger partial charge in [-0.3, -0.25) is 4.72 Å². The Labute approximate surface area is 158 Å². The Kier molecular flexibility index (Phi) is 5.43. The molecule has 1 fully saturated rings. The molecule has 25 heavy (non-hydrogen) atoms. The van der Waals surface area contributed by atoms with E-state index < -0.39 is 10.0 Å². The molecule has 0 atom stereocenters. The number of hydrogen-bond donors (Lipinski definition) is 1. The quantitative estimate of drug-likeness (QED) is 0.853. The van der Waals surface area contributed by atoms with Crippen molar-refractivity contribution in [2.75, 3.05) is 42.8 Å². The van der Waals surface area contributed by atoms with Gasteiger partial charge in [-0.1, -0.05) is 23.2 Å². The average molecular weight is 400 g/mol. The monoisotopic (exact) mass is 399 g/mol. The first kappa shape index (κ1) is 18.3. The van der Waals surface area contributed by atoms with Crippen molar-refractivity contribution in [3.05, 3.63) is 52.5 Å². The van der Waals surface area contributed by atoms with Gasteiger partial charge in [0.1, 0.15) is 0 Å². The summed E-state index contributed by atoms with van der Waals surface area (Å²) in [5.41, 5.74) is 1.58. The summed E-state index contributed by atoms with van der Waals surface area (Å²) >= 11 is 11.8. The zero-order valence-electron chi connectivity index (χ0n) is 13.7. The first-order chi connectivity index (χ1) is 11.8. The molecule has 1 saturated heterocycles. The zero-order valence-corrected chi connectivity index (χ0v) is 16.1. The second-order valence-corrected chi connectivity index (χ2v) is 8.60. The summed E-state index contributed by atoms with van der Waals surface area (Å²) in [5, 5.41) is 0.552. The van der Waals surface area contributed by atoms with Crippen LogP contribution in [0.25, 0.3) is 0 Å². The van der Waals surface area contributed by atoms with Crippen molar-refractivity contribution in [1.29, 1.82) is 0 Å². The number of benzene rings is 2. The van der Waals surface area contributed by atoms with Gasteiger partial charge in [-0.25, -0.2) is 8.42 Å². The summed E-state index contributed by atoms with van der Waals surface area (Å²) in [6.07, 6.45) is 0. The third-order valence-corrected chi connectivity index (χ3v) is 5.93. The molecule has 2 aromatic rings. The lowest BCUT2D eigenvalue weighted by atomic mass is 10.2. The van der Waals surface area contributed by atoms with E-state index in [1.807, 2.05) is 12.1 Å². The number of halogens is 2. The van der Waals surface area contributed by atoms with Crippen LogP contribution in [0.3, 0.4) is 0 Å². The van der Waals surface area contributed by atoms with Gasteiger partial charge >= 0.3 is 0 Å². The van der Waals surface area contributed by atoms with Gasteiger partial charge in [-0.15, -0.1) is 0 Å². The van der Waals surface area contributed by atoms with E-state index >= 15 is 0 Å². The number of sulfonamides is 1. The van der Waals surface area contributed by atoms with Crippen molar-refractivity contribution in [3.63, 3.8) is 0 Å². The van der Waals surface area contributed by atoms with Crippen LogP contribution in [0.4, 0.5) is 11.4 Å². The Bertz CT molecular complexity index is 828. The fourth-order valence-corrected chi connectivity index (χ4v) is 4.49. The molecular weight excluding hydrogens is 381 g/mol. The molecule has 1 aliphatic rings. The lowest BCUT2D eigenvalue weighted by Gasteiger charge is -2.34. The average Bonchev–Trinajstić information content (AvgIpc) is 2.55. The minimum absolute atomic E-state index is 0.0353. The third kappa shape index (κ3) is 4.58. The largest absolute Gasteiger partial charge is 0.369 e. The van der Waals surface area contributed by atoms with Crippen molar-refractivity contribution in [1.82, 2.24) is 4.90 Å². The highest BCUT2D eigenvalue weighted by atomic mass is 35.5. The first-order valence-electron chi connectivity index (χ1n) is 7.86. The Morgan fingerprint density at radius 1 is 0.920 bits per heavy atom. The number of nitrogens with zero attached hydrogens (tertiary/aromatic N) is 2. The van der Waals surface area contributed by atoms with Gasteiger partial charge in [0, 0.05) is 47.6 Å². The number of rotatable bonds is 4. The van der Waals surface area contributed by atoms with Gasteiger partial charge in [-0.2, -0.15) is 0 Å². The van der Waals surface area contributed by atoms with Crippen LogP contribution in [0.2, 0.25) is 10.0 Å². The molecule has 0 amide bonds. The molecule has 3 rings (SSSR count). The molecular formula is C17H19Cl2N3O2S. The van der Waals surface area contributed by atoms with Gasteiger partial charge in [0.15, 0.2) is 0 Å². The predicted octanol–water partition coefficient (Wildman–Crippen LogP) is 3.55. The van der Waals surface area contributed by atoms with Gasteiger partial charge in [0.25, 0.3) is 10.0 Å². The molecule has 2 aromatic carbocycles. The fraction of sp³-hybridized carbons (Fsp3) is 0.294. The maximum absolute atomic E-state index is 12.5. The highest BCUT2D eigenvalue weighted by Gasteiger charge is 2.17. The van der Waals surface area contributed by atoms with Crippen LogP contribution in [-0.2, 0) is 10.0 Å². The molecule has 8 heteroatoms. The van der Waals surface area contributed by atoms with Crippen molar-refractivity contribution in [2.45, 2.75) is 4.90 Å². The van der Waals surface area contributed by atoms with Crippen molar-refractivity contribution in [3.8, 4) is 0 Å². The molecule has 134 valence electrons. The van der Waals surface area contributed by atoms with Crippen LogP contribution < -0.4 is 9.62 Å². The molecule has 0 aliphatic carbocycles. The van der Waals surface area contributed by atoms with E-state index in [1.165, 1.54) is 18.2 Å². The van der Waals surface area contributed by atoms with E-state index in [0.717, 1.165) is 31.9 Å². The fourth-order valence-electron chi connectivity index (χ4n) is 2.70. The van der Waals surface area contributed by atoms with Gasteiger partial charge in [0.2, 0.25) is 0 Å². The van der Waals surface area contributed by atoms with E-state index in [9.17, 15) is 8.42 Å². The lowest BCUT2D eigenvalue weighted by molar-refractivity contribution is 0.313. The van der Waals surface area contributed by atoms with Crippen molar-refractivity contribution < 1.29 is 8.42 Å². The number of hydrogen-bond acceptors (Lipinski definition) is 4. The van der Waals surface area contributed by atoms with Gasteiger partial charge in [0.05, 0.1) is 4.90 Å². The minimum Gasteiger partial charge on any atom is -0.369 e. The molecule has 0 bridgehead atoms. The van der Waals surface area contributed by atoms with E-state index in [4.69, 9.17) is 23.2 Å². The minimum atomic E-state index is -3.74. The summed E-state index contributed by atoms with van der Waals surface area (Å²) < 4.78 is 27.5. The normalized spacial score (nSPS) is 16.0. The molecule has 0 unspecified atom stereocenters. The molecule has 0 radical (unpaired) electrons. The first-order valence-corrected chi connectivity index (χ1v) is 10.1. The smallest absolute Gasteiger partial charge is 0.261 e. The summed E-state index contributed by atoms with van der Waals surface area (Å²) in [4.78, 5) is 4.61. The lowest BCUT2D eigenvalue weighted by Crippen LogP contribution is -2.44. The molecule has 0 aromatic heterocycles. The van der Waals surface area contributed by atoms with Crippen molar-refractivity contribution >= 4 is 44.6 Å². The maximum atomic E-state index is 12.5. The zero-order chi connectivity index (χ0) is 18.0. The molecule has 5 nitrogen and oxygen atoms in total. The highest BCUT2D eigenvalue weighted by molar-refractivity contribution is 7.92. The molecule has 1 N–H and O–H groups in total. The molecule has 1 aliphatic heterocycles. The van der Waals surface area contributed by atoms with Crippen LogP contribution in [-0.4, -0.2) is 46.5 Å². The van der Waals surface area contributed by atoms with E-state index in [0.29, 0.717) is 5.69 Å². The summed E-state index contributed by atoms with van der Waals surface area (Å²) in [5.74, 6) is 0. The van der Waals surface area contributed by atoms with Gasteiger partial charge < -0.3 is 9.80 Å². The number of likely N-dealkylation sites (N-methyl/N-ethyl adjacent to an activating group) is 1. The number of nitrogens with one attached hydrogen (secondary N) is 1. The summed E-state index contributed by atoms with van der Waals surface area (Å²) in [7, 11) is -1.63. The molecule has 1 heterocycles. The topological polar surface area (TPSA) is 52.6 Å². The number of piperazine rings is 1. The Morgan fingerprint density at radius 2 is 1.48 bits per heavy atom. The van der Waals surface area contributed by atoms with E-state index in [1.54, 1.807) is 12.1 Å². The number of anilines is 2. The highest BCUT2D eigenvalue weighted by Crippen LogP contribution is 2.25. The maximum Gasteiger partial charge on any atom is 0.261 e. The summed E-state index contributed by atoms with van der Waals surface area (Å²) in [6, 6.07) is 11.6. The SMILES string of the molecule is CN1CCN(c2ccc(NS(=O)(=O)c3cc(Cl)cc(Cl)c3)cc2)CC1. The Hall–Kier alpha value is -1.47. The van der Waals surface area contributed by atoms with Crippen molar-refractivity contribution in [2.24, 2.45) is 0 Å². The standard InChI is InChI=1S/C17H19Cl2N3O2S/c1-21-6-8-22(9-7-21)16-4-2-15(3-5-16)20-25(23,24)17-11-13(18)10-14(19)12-17/h2-5,10-12,20H,6-9H2,1H3. The van der Waals surface area contributed by atoms with Gasteiger partial charge in [-0.05, 0) is 49.5 Å². The Morgan fingerprint density at radius 3 is 2.04 bits per heavy atom. The molecule has 0 spiro atoms. The van der Waals surface area contributed by atoms with Crippen LogP contribution in [0.5, 0.6) is 0 Å².